The molecule has 3 rings (SSSR count). The van der Waals surface area contributed by atoms with Crippen LogP contribution in [0.3, 0.4) is 0 Å². The van der Waals surface area contributed by atoms with Gasteiger partial charge in [-0.15, -0.1) is 22.7 Å². The quantitative estimate of drug-likeness (QED) is 0.781. The molecule has 3 aromatic heterocycles. The van der Waals surface area contributed by atoms with E-state index >= 15 is 0 Å². The van der Waals surface area contributed by atoms with Gasteiger partial charge in [0.05, 0.1) is 21.1 Å². The Labute approximate surface area is 117 Å². The van der Waals surface area contributed by atoms with Crippen molar-refractivity contribution in [3.8, 4) is 0 Å². The Balaban J connectivity index is 1.86. The molecule has 0 unspecified atom stereocenters. The van der Waals surface area contributed by atoms with E-state index in [-0.39, 0.29) is 0 Å². The molecule has 0 aliphatic carbocycles. The lowest BCUT2D eigenvalue weighted by Gasteiger charge is -2.04. The predicted molar refractivity (Wildman–Crippen MR) is 78.8 cm³/mol. The second kappa shape index (κ2) is 4.84. The van der Waals surface area contributed by atoms with Gasteiger partial charge in [0, 0.05) is 4.88 Å². The van der Waals surface area contributed by atoms with Crippen molar-refractivity contribution in [3.63, 3.8) is 0 Å². The van der Waals surface area contributed by atoms with Crippen molar-refractivity contribution in [1.82, 2.24) is 9.97 Å². The molecule has 0 fully saturated rings. The zero-order valence-corrected chi connectivity index (χ0v) is 12.0. The van der Waals surface area contributed by atoms with Crippen LogP contribution in [-0.4, -0.2) is 9.97 Å². The number of hydrogen-bond acceptors (Lipinski definition) is 5. The Morgan fingerprint density at radius 1 is 1.33 bits per heavy atom. The zero-order chi connectivity index (χ0) is 12.5. The van der Waals surface area contributed by atoms with E-state index < -0.39 is 0 Å². The van der Waals surface area contributed by atoms with Crippen LogP contribution in [0.1, 0.15) is 10.4 Å². The summed E-state index contributed by atoms with van der Waals surface area (Å²) in [7, 11) is 0. The van der Waals surface area contributed by atoms with E-state index in [0.29, 0.717) is 0 Å². The van der Waals surface area contributed by atoms with E-state index in [2.05, 4.69) is 27.6 Å². The minimum absolute atomic E-state index is 0.737. The van der Waals surface area contributed by atoms with Crippen LogP contribution in [0.15, 0.2) is 23.8 Å². The number of rotatable bonds is 3. The smallest absolute Gasteiger partial charge is 0.147 e. The van der Waals surface area contributed by atoms with E-state index in [1.807, 2.05) is 12.1 Å². The maximum atomic E-state index is 5.91. The first-order valence-corrected chi connectivity index (χ1v) is 7.48. The average Bonchev–Trinajstić information content (AvgIpc) is 2.94. The third-order valence-electron chi connectivity index (χ3n) is 2.59. The van der Waals surface area contributed by atoms with Crippen LogP contribution < -0.4 is 5.32 Å². The summed E-state index contributed by atoms with van der Waals surface area (Å²) in [6, 6.07) is 3.94. The first-order chi connectivity index (χ1) is 8.74. The lowest BCUT2D eigenvalue weighted by molar-refractivity contribution is 1.13. The summed E-state index contributed by atoms with van der Waals surface area (Å²) in [6.45, 7) is 2.80. The van der Waals surface area contributed by atoms with Crippen molar-refractivity contribution in [3.05, 3.63) is 38.6 Å². The van der Waals surface area contributed by atoms with Gasteiger partial charge in [0.15, 0.2) is 0 Å². The summed E-state index contributed by atoms with van der Waals surface area (Å²) in [4.78, 5) is 9.80. The number of nitrogens with one attached hydrogen (secondary N) is 1. The predicted octanol–water partition coefficient (Wildman–Crippen LogP) is 4.33. The Bertz CT molecular complexity index is 690. The van der Waals surface area contributed by atoms with Gasteiger partial charge in [0.2, 0.25) is 0 Å². The van der Waals surface area contributed by atoms with E-state index in [4.69, 9.17) is 11.6 Å². The molecule has 3 nitrogen and oxygen atoms in total. The summed E-state index contributed by atoms with van der Waals surface area (Å²) in [5.41, 5.74) is 2.22. The number of aryl methyl sites for hydroxylation is 1. The van der Waals surface area contributed by atoms with Gasteiger partial charge in [-0.05, 0) is 30.0 Å². The summed E-state index contributed by atoms with van der Waals surface area (Å²) in [6.07, 6.45) is 1.60. The third kappa shape index (κ3) is 2.21. The molecule has 3 heterocycles. The second-order valence-electron chi connectivity index (χ2n) is 3.88. The molecule has 6 heteroatoms. The van der Waals surface area contributed by atoms with Gasteiger partial charge >= 0.3 is 0 Å². The molecular formula is C12H10ClN3S2. The Kier molecular flexibility index (Phi) is 3.20. The SMILES string of the molecule is Cc1csc2c(NCc3ccc(Cl)s3)ncnc12. The maximum absolute atomic E-state index is 5.91. The summed E-state index contributed by atoms with van der Waals surface area (Å²) in [5, 5.41) is 5.45. The van der Waals surface area contributed by atoms with Gasteiger partial charge in [-0.1, -0.05) is 11.6 Å². The number of halogens is 1. The van der Waals surface area contributed by atoms with Gasteiger partial charge in [0.1, 0.15) is 12.1 Å². The topological polar surface area (TPSA) is 37.8 Å². The summed E-state index contributed by atoms with van der Waals surface area (Å²) < 4.78 is 1.92. The first-order valence-electron chi connectivity index (χ1n) is 5.41. The molecule has 3 aromatic rings. The molecule has 92 valence electrons. The highest BCUT2D eigenvalue weighted by Gasteiger charge is 2.08. The molecule has 0 bridgehead atoms. The number of thiophene rings is 2. The van der Waals surface area contributed by atoms with Crippen LogP contribution in [0.4, 0.5) is 5.82 Å². The number of aromatic nitrogens is 2. The molecule has 0 saturated carbocycles. The number of fused-ring (bicyclic) bond motifs is 1. The van der Waals surface area contributed by atoms with Crippen LogP contribution in [0, 0.1) is 6.92 Å². The van der Waals surface area contributed by atoms with Crippen molar-refractivity contribution in [2.45, 2.75) is 13.5 Å². The van der Waals surface area contributed by atoms with E-state index in [9.17, 15) is 0 Å². The standard InChI is InChI=1S/C12H10ClN3S2/c1-7-5-17-11-10(7)15-6-16-12(11)14-4-8-2-3-9(13)18-8/h2-3,5-6H,4H2,1H3,(H,14,15,16). The molecule has 0 radical (unpaired) electrons. The Hall–Kier alpha value is -1.17. The van der Waals surface area contributed by atoms with Gasteiger partial charge in [-0.2, -0.15) is 0 Å². The zero-order valence-electron chi connectivity index (χ0n) is 9.61. The highest BCUT2D eigenvalue weighted by atomic mass is 35.5. The van der Waals surface area contributed by atoms with Crippen molar-refractivity contribution < 1.29 is 0 Å². The lowest BCUT2D eigenvalue weighted by atomic mass is 10.3. The number of hydrogen-bond donors (Lipinski definition) is 1. The molecule has 0 aromatic carbocycles. The van der Waals surface area contributed by atoms with E-state index in [0.717, 1.165) is 26.9 Å². The van der Waals surface area contributed by atoms with Crippen LogP contribution >= 0.6 is 34.3 Å². The molecule has 18 heavy (non-hydrogen) atoms. The van der Waals surface area contributed by atoms with E-state index in [1.165, 1.54) is 10.4 Å². The van der Waals surface area contributed by atoms with Crippen molar-refractivity contribution in [2.24, 2.45) is 0 Å². The Morgan fingerprint density at radius 2 is 2.22 bits per heavy atom. The first kappa shape index (κ1) is 11.9. The maximum Gasteiger partial charge on any atom is 0.147 e. The minimum atomic E-state index is 0.737. The molecule has 0 atom stereocenters. The number of nitrogens with zero attached hydrogens (tertiary/aromatic N) is 2. The Morgan fingerprint density at radius 3 is 3.00 bits per heavy atom. The molecule has 0 saturated heterocycles. The molecular weight excluding hydrogens is 286 g/mol. The normalized spacial score (nSPS) is 11.0. The van der Waals surface area contributed by atoms with Crippen molar-refractivity contribution in [2.75, 3.05) is 5.32 Å². The molecule has 0 spiro atoms. The van der Waals surface area contributed by atoms with Crippen LogP contribution in [0.2, 0.25) is 4.34 Å². The lowest BCUT2D eigenvalue weighted by Crippen LogP contribution is -2.00. The molecule has 0 amide bonds. The van der Waals surface area contributed by atoms with Crippen molar-refractivity contribution in [1.29, 1.82) is 0 Å². The monoisotopic (exact) mass is 295 g/mol. The fourth-order valence-electron chi connectivity index (χ4n) is 1.71. The van der Waals surface area contributed by atoms with Gasteiger partial charge in [-0.25, -0.2) is 9.97 Å². The number of anilines is 1. The van der Waals surface area contributed by atoms with Gasteiger partial charge in [-0.3, -0.25) is 0 Å². The van der Waals surface area contributed by atoms with E-state index in [1.54, 1.807) is 29.0 Å². The molecule has 1 N–H and O–H groups in total. The summed E-state index contributed by atoms with van der Waals surface area (Å²) >= 11 is 9.16. The highest BCUT2D eigenvalue weighted by molar-refractivity contribution is 7.18. The van der Waals surface area contributed by atoms with Crippen LogP contribution in [0.25, 0.3) is 10.2 Å². The third-order valence-corrected chi connectivity index (χ3v) is 4.91. The van der Waals surface area contributed by atoms with Crippen molar-refractivity contribution >= 4 is 50.3 Å². The highest BCUT2D eigenvalue weighted by Crippen LogP contribution is 2.29. The van der Waals surface area contributed by atoms with Crippen LogP contribution in [0.5, 0.6) is 0 Å². The molecule has 0 aliphatic heterocycles. The summed E-state index contributed by atoms with van der Waals surface area (Å²) in [5.74, 6) is 0.891. The largest absolute Gasteiger partial charge is 0.364 e. The second-order valence-corrected chi connectivity index (χ2v) is 6.56. The molecule has 0 aliphatic rings. The fraction of sp³-hybridized carbons (Fsp3) is 0.167. The minimum Gasteiger partial charge on any atom is -0.364 e. The van der Waals surface area contributed by atoms with Crippen LogP contribution in [-0.2, 0) is 6.54 Å². The van der Waals surface area contributed by atoms with Gasteiger partial charge in [0.25, 0.3) is 0 Å². The van der Waals surface area contributed by atoms with Gasteiger partial charge < -0.3 is 5.32 Å². The fourth-order valence-corrected chi connectivity index (χ4v) is 3.71. The average molecular weight is 296 g/mol.